The highest BCUT2D eigenvalue weighted by Gasteiger charge is 2.34. The second-order valence-electron chi connectivity index (χ2n) is 4.52. The van der Waals surface area contributed by atoms with Gasteiger partial charge in [0.05, 0.1) is 7.11 Å². The number of nitrogens with zero attached hydrogens (tertiary/aromatic N) is 2. The van der Waals surface area contributed by atoms with Crippen LogP contribution in [0.2, 0.25) is 0 Å². The monoisotopic (exact) mass is 309 g/mol. The predicted octanol–water partition coefficient (Wildman–Crippen LogP) is 2.72. The van der Waals surface area contributed by atoms with Crippen LogP contribution in [0.3, 0.4) is 0 Å². The van der Waals surface area contributed by atoms with Crippen molar-refractivity contribution in [2.24, 2.45) is 0 Å². The van der Waals surface area contributed by atoms with Gasteiger partial charge in [0.2, 0.25) is 0 Å². The molecule has 0 saturated heterocycles. The molecule has 0 amide bonds. The number of halogens is 3. The number of methoxy groups -OCH3 is 1. The van der Waals surface area contributed by atoms with Crippen LogP contribution in [-0.2, 0) is 6.18 Å². The van der Waals surface area contributed by atoms with E-state index in [1.165, 1.54) is 13.3 Å². The third-order valence-electron chi connectivity index (χ3n) is 3.19. The maximum atomic E-state index is 12.8. The summed E-state index contributed by atoms with van der Waals surface area (Å²) in [6.45, 7) is 0. The lowest BCUT2D eigenvalue weighted by atomic mass is 10.1. The predicted molar refractivity (Wildman–Crippen MR) is 72.8 cm³/mol. The van der Waals surface area contributed by atoms with Crippen LogP contribution in [-0.4, -0.2) is 21.7 Å². The summed E-state index contributed by atoms with van der Waals surface area (Å²) in [5, 5.41) is 2.60. The SMILES string of the molecule is COc1ccccc1-c1c[nH]n2c(=O)cc(C(F)(F)F)nc12. The Labute approximate surface area is 122 Å². The number of aromatic nitrogens is 3. The number of aromatic amines is 1. The molecule has 0 saturated carbocycles. The summed E-state index contributed by atoms with van der Waals surface area (Å²) in [6, 6.07) is 7.25. The Morgan fingerprint density at radius 2 is 1.95 bits per heavy atom. The average Bonchev–Trinajstić information content (AvgIpc) is 2.90. The quantitative estimate of drug-likeness (QED) is 0.792. The van der Waals surface area contributed by atoms with E-state index in [4.69, 9.17) is 4.74 Å². The summed E-state index contributed by atoms with van der Waals surface area (Å²) in [6.07, 6.45) is -3.27. The van der Waals surface area contributed by atoms with Crippen molar-refractivity contribution in [3.05, 3.63) is 52.6 Å². The zero-order chi connectivity index (χ0) is 15.9. The molecule has 1 aromatic carbocycles. The van der Waals surface area contributed by atoms with Crippen LogP contribution in [0.5, 0.6) is 5.75 Å². The number of nitrogens with one attached hydrogen (secondary N) is 1. The van der Waals surface area contributed by atoms with E-state index in [9.17, 15) is 18.0 Å². The fourth-order valence-electron chi connectivity index (χ4n) is 2.19. The van der Waals surface area contributed by atoms with Crippen LogP contribution < -0.4 is 10.3 Å². The number of para-hydroxylation sites is 1. The van der Waals surface area contributed by atoms with Gasteiger partial charge >= 0.3 is 6.18 Å². The Morgan fingerprint density at radius 1 is 1.23 bits per heavy atom. The summed E-state index contributed by atoms with van der Waals surface area (Å²) >= 11 is 0. The van der Waals surface area contributed by atoms with E-state index in [0.717, 1.165) is 4.52 Å². The van der Waals surface area contributed by atoms with E-state index in [-0.39, 0.29) is 5.65 Å². The zero-order valence-electron chi connectivity index (χ0n) is 11.3. The molecule has 0 fully saturated rings. The Morgan fingerprint density at radius 3 is 2.64 bits per heavy atom. The number of H-pyrrole nitrogens is 1. The molecule has 5 nitrogen and oxygen atoms in total. The normalized spacial score (nSPS) is 11.8. The van der Waals surface area contributed by atoms with Gasteiger partial charge in [0.15, 0.2) is 11.3 Å². The van der Waals surface area contributed by atoms with Crippen LogP contribution in [0.4, 0.5) is 13.2 Å². The number of ether oxygens (including phenoxy) is 1. The molecule has 0 aliphatic rings. The van der Waals surface area contributed by atoms with Crippen molar-refractivity contribution in [2.45, 2.75) is 6.18 Å². The molecule has 22 heavy (non-hydrogen) atoms. The molecule has 0 aliphatic carbocycles. The lowest BCUT2D eigenvalue weighted by molar-refractivity contribution is -0.141. The van der Waals surface area contributed by atoms with Crippen molar-refractivity contribution in [2.75, 3.05) is 7.11 Å². The molecule has 3 rings (SSSR count). The van der Waals surface area contributed by atoms with Gasteiger partial charge in [-0.2, -0.15) is 13.2 Å². The molecule has 1 N–H and O–H groups in total. The standard InChI is InChI=1S/C14H10F3N3O2/c1-22-10-5-3-2-4-8(10)9-7-18-20-12(21)6-11(14(15,16)17)19-13(9)20/h2-7,18H,1H3. The van der Waals surface area contributed by atoms with Crippen LogP contribution >= 0.6 is 0 Å². The molecular formula is C14H10F3N3O2. The van der Waals surface area contributed by atoms with Gasteiger partial charge in [-0.05, 0) is 6.07 Å². The van der Waals surface area contributed by atoms with Gasteiger partial charge in [-0.1, -0.05) is 18.2 Å². The summed E-state index contributed by atoms with van der Waals surface area (Å²) in [5.74, 6) is 0.468. The topological polar surface area (TPSA) is 59.4 Å². The third-order valence-corrected chi connectivity index (χ3v) is 3.19. The van der Waals surface area contributed by atoms with Crippen molar-refractivity contribution in [1.29, 1.82) is 0 Å². The summed E-state index contributed by atoms with van der Waals surface area (Å²) in [5.41, 5.74) is -1.29. The van der Waals surface area contributed by atoms with Crippen molar-refractivity contribution >= 4 is 5.65 Å². The van der Waals surface area contributed by atoms with E-state index >= 15 is 0 Å². The maximum absolute atomic E-state index is 12.8. The molecule has 0 spiro atoms. The van der Waals surface area contributed by atoms with Gasteiger partial charge in [0.1, 0.15) is 5.75 Å². The van der Waals surface area contributed by atoms with Gasteiger partial charge in [0, 0.05) is 23.4 Å². The van der Waals surface area contributed by atoms with Gasteiger partial charge in [0.25, 0.3) is 5.56 Å². The third kappa shape index (κ3) is 2.22. The second kappa shape index (κ2) is 4.90. The van der Waals surface area contributed by atoms with Crippen molar-refractivity contribution in [3.63, 3.8) is 0 Å². The largest absolute Gasteiger partial charge is 0.496 e. The summed E-state index contributed by atoms with van der Waals surface area (Å²) in [7, 11) is 1.45. The molecule has 0 atom stereocenters. The summed E-state index contributed by atoms with van der Waals surface area (Å²) < 4.78 is 44.7. The molecule has 8 heteroatoms. The maximum Gasteiger partial charge on any atom is 0.433 e. The molecule has 0 radical (unpaired) electrons. The minimum Gasteiger partial charge on any atom is -0.496 e. The Kier molecular flexibility index (Phi) is 3.16. The first-order chi connectivity index (χ1) is 10.4. The molecule has 2 aromatic heterocycles. The highest BCUT2D eigenvalue weighted by molar-refractivity contribution is 5.81. The van der Waals surface area contributed by atoms with E-state index in [1.54, 1.807) is 24.3 Å². The Balaban J connectivity index is 2.32. The second-order valence-corrected chi connectivity index (χ2v) is 4.52. The number of fused-ring (bicyclic) bond motifs is 1. The molecule has 3 aromatic rings. The lowest BCUT2D eigenvalue weighted by Gasteiger charge is -2.08. The van der Waals surface area contributed by atoms with Crippen LogP contribution in [0.25, 0.3) is 16.8 Å². The van der Waals surface area contributed by atoms with E-state index in [1.807, 2.05) is 0 Å². The lowest BCUT2D eigenvalue weighted by Crippen LogP contribution is -2.19. The fourth-order valence-corrected chi connectivity index (χ4v) is 2.19. The minimum atomic E-state index is -4.69. The van der Waals surface area contributed by atoms with E-state index in [0.29, 0.717) is 22.9 Å². The number of rotatable bonds is 2. The number of hydrogen-bond acceptors (Lipinski definition) is 3. The average molecular weight is 309 g/mol. The first-order valence-corrected chi connectivity index (χ1v) is 6.23. The van der Waals surface area contributed by atoms with Crippen LogP contribution in [0, 0.1) is 0 Å². The van der Waals surface area contributed by atoms with Gasteiger partial charge in [-0.15, -0.1) is 0 Å². The first kappa shape index (κ1) is 14.2. The highest BCUT2D eigenvalue weighted by Crippen LogP contribution is 2.33. The van der Waals surface area contributed by atoms with Gasteiger partial charge in [-0.25, -0.2) is 9.50 Å². The number of alkyl halides is 3. The molecule has 0 bridgehead atoms. The summed E-state index contributed by atoms with van der Waals surface area (Å²) in [4.78, 5) is 15.4. The Hall–Kier alpha value is -2.77. The van der Waals surface area contributed by atoms with Crippen molar-refractivity contribution in [3.8, 4) is 16.9 Å². The number of hydrogen-bond donors (Lipinski definition) is 1. The van der Waals surface area contributed by atoms with Gasteiger partial charge in [-0.3, -0.25) is 9.89 Å². The van der Waals surface area contributed by atoms with Gasteiger partial charge < -0.3 is 4.74 Å². The van der Waals surface area contributed by atoms with Crippen molar-refractivity contribution < 1.29 is 17.9 Å². The van der Waals surface area contributed by atoms with E-state index in [2.05, 4.69) is 10.1 Å². The molecule has 0 unspecified atom stereocenters. The smallest absolute Gasteiger partial charge is 0.433 e. The molecule has 2 heterocycles. The zero-order valence-corrected chi connectivity index (χ0v) is 11.3. The number of benzene rings is 1. The fraction of sp³-hybridized carbons (Fsp3) is 0.143. The Bertz CT molecular complexity index is 896. The van der Waals surface area contributed by atoms with Crippen LogP contribution in [0.15, 0.2) is 41.3 Å². The molecule has 114 valence electrons. The first-order valence-electron chi connectivity index (χ1n) is 6.23. The molecule has 0 aliphatic heterocycles. The van der Waals surface area contributed by atoms with Crippen molar-refractivity contribution in [1.82, 2.24) is 14.6 Å². The van der Waals surface area contributed by atoms with E-state index < -0.39 is 17.4 Å². The highest BCUT2D eigenvalue weighted by atomic mass is 19.4. The van der Waals surface area contributed by atoms with Crippen LogP contribution in [0.1, 0.15) is 5.69 Å². The minimum absolute atomic E-state index is 0.107. The molecular weight excluding hydrogens is 299 g/mol.